The lowest BCUT2D eigenvalue weighted by atomic mass is 9.86. The Balaban J connectivity index is 3.38. The summed E-state index contributed by atoms with van der Waals surface area (Å²) in [6.07, 6.45) is 0. The van der Waals surface area contributed by atoms with Gasteiger partial charge in [0, 0.05) is 10.0 Å². The van der Waals surface area contributed by atoms with Gasteiger partial charge in [0.05, 0.1) is 11.5 Å². The van der Waals surface area contributed by atoms with Gasteiger partial charge in [-0.15, -0.1) is 0 Å². The summed E-state index contributed by atoms with van der Waals surface area (Å²) >= 11 is 3.31. The van der Waals surface area contributed by atoms with Crippen molar-refractivity contribution >= 4 is 15.9 Å². The molecule has 0 bridgehead atoms. The van der Waals surface area contributed by atoms with Gasteiger partial charge >= 0.3 is 0 Å². The Bertz CT molecular complexity index is 345. The number of nitriles is 1. The van der Waals surface area contributed by atoms with E-state index >= 15 is 0 Å². The lowest BCUT2D eigenvalue weighted by molar-refractivity contribution is 0.456. The molecule has 0 saturated heterocycles. The van der Waals surface area contributed by atoms with Crippen molar-refractivity contribution in [3.05, 3.63) is 28.2 Å². The van der Waals surface area contributed by atoms with Crippen LogP contribution in [-0.2, 0) is 5.41 Å². The van der Waals surface area contributed by atoms with Crippen LogP contribution >= 0.6 is 15.9 Å². The first-order chi connectivity index (χ1) is 5.99. The molecule has 3 heteroatoms. The van der Waals surface area contributed by atoms with Crippen LogP contribution in [0.1, 0.15) is 19.4 Å². The lowest BCUT2D eigenvalue weighted by Gasteiger charge is -2.18. The van der Waals surface area contributed by atoms with E-state index < -0.39 is 5.41 Å². The zero-order chi connectivity index (χ0) is 10.1. The van der Waals surface area contributed by atoms with E-state index in [2.05, 4.69) is 22.0 Å². The Labute approximate surface area is 85.9 Å². The Morgan fingerprint density at radius 1 is 1.46 bits per heavy atom. The van der Waals surface area contributed by atoms with Gasteiger partial charge in [0.1, 0.15) is 5.75 Å². The zero-order valence-corrected chi connectivity index (χ0v) is 9.09. The molecule has 1 aromatic rings. The molecule has 2 nitrogen and oxygen atoms in total. The summed E-state index contributed by atoms with van der Waals surface area (Å²) in [4.78, 5) is 0. The molecular weight excluding hydrogens is 230 g/mol. The second kappa shape index (κ2) is 3.39. The number of rotatable bonds is 1. The van der Waals surface area contributed by atoms with Crippen molar-refractivity contribution < 1.29 is 5.11 Å². The van der Waals surface area contributed by atoms with Crippen LogP contribution in [-0.4, -0.2) is 5.11 Å². The average molecular weight is 240 g/mol. The molecule has 1 N–H and O–H groups in total. The number of nitrogens with zero attached hydrogens (tertiary/aromatic N) is 1. The van der Waals surface area contributed by atoms with E-state index in [1.807, 2.05) is 6.07 Å². The van der Waals surface area contributed by atoms with Gasteiger partial charge in [0.2, 0.25) is 0 Å². The van der Waals surface area contributed by atoms with Crippen LogP contribution in [0.3, 0.4) is 0 Å². The highest BCUT2D eigenvalue weighted by atomic mass is 79.9. The minimum Gasteiger partial charge on any atom is -0.508 e. The number of phenolic OH excluding ortho intramolecular Hbond substituents is 1. The minimum atomic E-state index is -0.676. The summed E-state index contributed by atoms with van der Waals surface area (Å²) in [6.45, 7) is 3.54. The number of aromatic hydroxyl groups is 1. The SMILES string of the molecule is CC(C)(C#N)c1c(O)cccc1Br. The molecule has 1 aromatic carbocycles. The van der Waals surface area contributed by atoms with Gasteiger partial charge in [-0.05, 0) is 26.0 Å². The summed E-state index contributed by atoms with van der Waals surface area (Å²) in [5.74, 6) is 0.154. The molecule has 68 valence electrons. The molecule has 0 aromatic heterocycles. The molecule has 0 unspecified atom stereocenters. The maximum absolute atomic E-state index is 9.58. The predicted octanol–water partition coefficient (Wildman–Crippen LogP) is 2.96. The fourth-order valence-electron chi connectivity index (χ4n) is 1.19. The number of benzene rings is 1. The van der Waals surface area contributed by atoms with Crippen LogP contribution < -0.4 is 0 Å². The van der Waals surface area contributed by atoms with Crippen LogP contribution in [0.4, 0.5) is 0 Å². The highest BCUT2D eigenvalue weighted by Crippen LogP contribution is 2.36. The first-order valence-electron chi connectivity index (χ1n) is 3.88. The molecule has 0 saturated carbocycles. The molecule has 0 aliphatic carbocycles. The van der Waals surface area contributed by atoms with Crippen LogP contribution in [0.25, 0.3) is 0 Å². The van der Waals surface area contributed by atoms with Crippen molar-refractivity contribution in [3.8, 4) is 11.8 Å². The normalized spacial score (nSPS) is 10.9. The van der Waals surface area contributed by atoms with E-state index in [0.29, 0.717) is 5.56 Å². The molecule has 0 heterocycles. The molecule has 0 aliphatic heterocycles. The maximum atomic E-state index is 9.58. The number of hydrogen-bond donors (Lipinski definition) is 1. The van der Waals surface area contributed by atoms with Gasteiger partial charge in [-0.1, -0.05) is 22.0 Å². The quantitative estimate of drug-likeness (QED) is 0.820. The van der Waals surface area contributed by atoms with E-state index in [9.17, 15) is 5.11 Å². The Hall–Kier alpha value is -1.01. The summed E-state index contributed by atoms with van der Waals surface area (Å²) in [5, 5.41) is 18.5. The molecule has 13 heavy (non-hydrogen) atoms. The third kappa shape index (κ3) is 1.84. The summed E-state index contributed by atoms with van der Waals surface area (Å²) < 4.78 is 0.763. The maximum Gasteiger partial charge on any atom is 0.121 e. The second-order valence-electron chi connectivity index (χ2n) is 3.37. The van der Waals surface area contributed by atoms with Crippen LogP contribution in [0.5, 0.6) is 5.75 Å². The molecular formula is C10H10BrNO. The fourth-order valence-corrected chi connectivity index (χ4v) is 2.04. The lowest BCUT2D eigenvalue weighted by Crippen LogP contribution is -2.14. The second-order valence-corrected chi connectivity index (χ2v) is 4.23. The van der Waals surface area contributed by atoms with Gasteiger partial charge < -0.3 is 5.11 Å². The van der Waals surface area contributed by atoms with Crippen molar-refractivity contribution in [3.63, 3.8) is 0 Å². The Morgan fingerprint density at radius 3 is 2.54 bits per heavy atom. The first-order valence-corrected chi connectivity index (χ1v) is 4.67. The molecule has 0 fully saturated rings. The highest BCUT2D eigenvalue weighted by molar-refractivity contribution is 9.10. The predicted molar refractivity (Wildman–Crippen MR) is 54.4 cm³/mol. The van der Waals surface area contributed by atoms with Gasteiger partial charge in [-0.3, -0.25) is 0 Å². The van der Waals surface area contributed by atoms with E-state index in [0.717, 1.165) is 4.47 Å². The van der Waals surface area contributed by atoms with Crippen LogP contribution in [0.2, 0.25) is 0 Å². The number of phenols is 1. The molecule has 0 amide bonds. The van der Waals surface area contributed by atoms with Gasteiger partial charge in [0.25, 0.3) is 0 Å². The van der Waals surface area contributed by atoms with E-state index in [1.54, 1.807) is 26.0 Å². The Kier molecular flexibility index (Phi) is 2.63. The highest BCUT2D eigenvalue weighted by Gasteiger charge is 2.25. The standard InChI is InChI=1S/C10H10BrNO/c1-10(2,6-12)9-7(11)4-3-5-8(9)13/h3-5,13H,1-2H3. The average Bonchev–Trinajstić information content (AvgIpc) is 2.03. The summed E-state index contributed by atoms with van der Waals surface area (Å²) in [6, 6.07) is 7.28. The van der Waals surface area contributed by atoms with Crippen LogP contribution in [0.15, 0.2) is 22.7 Å². The van der Waals surface area contributed by atoms with Crippen molar-refractivity contribution in [2.24, 2.45) is 0 Å². The van der Waals surface area contributed by atoms with Crippen molar-refractivity contribution in [2.75, 3.05) is 0 Å². The van der Waals surface area contributed by atoms with Crippen molar-refractivity contribution in [1.29, 1.82) is 5.26 Å². The Morgan fingerprint density at radius 2 is 2.08 bits per heavy atom. The smallest absolute Gasteiger partial charge is 0.121 e. The van der Waals surface area contributed by atoms with E-state index in [4.69, 9.17) is 5.26 Å². The minimum absolute atomic E-state index is 0.154. The topological polar surface area (TPSA) is 44.0 Å². The number of hydrogen-bond acceptors (Lipinski definition) is 2. The molecule has 0 spiro atoms. The van der Waals surface area contributed by atoms with Gasteiger partial charge in [-0.25, -0.2) is 0 Å². The fraction of sp³-hybridized carbons (Fsp3) is 0.300. The largest absolute Gasteiger partial charge is 0.508 e. The summed E-state index contributed by atoms with van der Waals surface area (Å²) in [5.41, 5.74) is -0.0398. The zero-order valence-electron chi connectivity index (χ0n) is 7.50. The van der Waals surface area contributed by atoms with Crippen molar-refractivity contribution in [1.82, 2.24) is 0 Å². The molecule has 1 rings (SSSR count). The van der Waals surface area contributed by atoms with Crippen molar-refractivity contribution in [2.45, 2.75) is 19.3 Å². The first kappa shape index (κ1) is 10.1. The molecule has 0 aliphatic rings. The van der Waals surface area contributed by atoms with E-state index in [-0.39, 0.29) is 5.75 Å². The van der Waals surface area contributed by atoms with Gasteiger partial charge in [0.15, 0.2) is 0 Å². The molecule has 0 atom stereocenters. The van der Waals surface area contributed by atoms with E-state index in [1.165, 1.54) is 0 Å². The third-order valence-corrected chi connectivity index (χ3v) is 2.56. The third-order valence-electron chi connectivity index (χ3n) is 1.90. The summed E-state index contributed by atoms with van der Waals surface area (Å²) in [7, 11) is 0. The number of halogens is 1. The van der Waals surface area contributed by atoms with Crippen LogP contribution in [0, 0.1) is 11.3 Å². The van der Waals surface area contributed by atoms with Gasteiger partial charge in [-0.2, -0.15) is 5.26 Å². The monoisotopic (exact) mass is 239 g/mol. The molecule has 0 radical (unpaired) electrons.